The molecule has 0 amide bonds. The molecule has 0 fully saturated rings. The number of halogens is 1. The van der Waals surface area contributed by atoms with E-state index in [1.807, 2.05) is 27.7 Å². The topological polar surface area (TPSA) is 35.5 Å². The summed E-state index contributed by atoms with van der Waals surface area (Å²) in [5.41, 5.74) is 0. The van der Waals surface area contributed by atoms with Crippen LogP contribution >= 0.6 is 11.6 Å². The molecule has 3 nitrogen and oxygen atoms in total. The Labute approximate surface area is 158 Å². The van der Waals surface area contributed by atoms with E-state index in [1.54, 1.807) is 32.4 Å². The molecule has 0 bridgehead atoms. The Morgan fingerprint density at radius 2 is 1.86 bits per heavy atom. The van der Waals surface area contributed by atoms with Crippen LogP contribution in [-0.2, 0) is 9.53 Å². The van der Waals surface area contributed by atoms with Crippen molar-refractivity contribution in [2.75, 3.05) is 20.8 Å². The SMILES string of the molecule is CC.CC(C)C(=O)[CH-]COc1[c-]cc(Cl)cc1.COC.[U+2]. The molecule has 0 radical (unpaired) electrons. The first-order valence-corrected chi connectivity index (χ1v) is 6.96. The monoisotopic (exact) mass is 538 g/mol. The van der Waals surface area contributed by atoms with Gasteiger partial charge in [0, 0.05) is 25.8 Å². The maximum absolute atomic E-state index is 11.2. The summed E-state index contributed by atoms with van der Waals surface area (Å²) >= 11 is 5.69. The number of ether oxygens (including phenoxy) is 2. The van der Waals surface area contributed by atoms with E-state index in [0.29, 0.717) is 10.8 Å². The average Bonchev–Trinajstić information content (AvgIpc) is 2.44. The fourth-order valence-corrected chi connectivity index (χ4v) is 1.05. The predicted octanol–water partition coefficient (Wildman–Crippen LogP) is 4.24. The standard InChI is InChI=1S/C12H13ClO2.C2H6O.C2H6.U/c1-9(2)12(14)7-8-15-11-5-3-10(13)4-6-11;1-3-2;1-2;/h3-5,7,9H,8H2,1-2H3;1-2H3;1-2H3;/q-2;;;+2. The molecule has 0 spiro atoms. The molecule has 1 aromatic rings. The van der Waals surface area contributed by atoms with Crippen LogP contribution in [0.4, 0.5) is 0 Å². The van der Waals surface area contributed by atoms with E-state index in [-0.39, 0.29) is 49.4 Å². The second-order valence-corrected chi connectivity index (χ2v) is 4.29. The molecule has 5 heteroatoms. The third-order valence-corrected chi connectivity index (χ3v) is 2.07. The maximum Gasteiger partial charge on any atom is 2.00 e. The first kappa shape index (κ1) is 25.8. The Kier molecular flexibility index (Phi) is 22.0. The fourth-order valence-electron chi connectivity index (χ4n) is 0.931. The molecule has 0 aliphatic heterocycles. The molecule has 0 aliphatic carbocycles. The number of methoxy groups -OCH3 is 1. The number of carbonyl (C=O) groups is 1. The normalized spacial score (nSPS) is 8.38. The Hall–Kier alpha value is -0.138. The Morgan fingerprint density at radius 3 is 2.24 bits per heavy atom. The Bertz CT molecular complexity index is 340. The Morgan fingerprint density at radius 1 is 1.33 bits per heavy atom. The van der Waals surface area contributed by atoms with Gasteiger partial charge in [-0.2, -0.15) is 23.7 Å². The first-order chi connectivity index (χ1) is 9.51. The summed E-state index contributed by atoms with van der Waals surface area (Å²) in [5.74, 6) is 0.693. The number of Topliss-reactive ketones (excluding diaryl/α,β-unsaturated/α-hetero) is 1. The van der Waals surface area contributed by atoms with Gasteiger partial charge in [0.25, 0.3) is 0 Å². The van der Waals surface area contributed by atoms with Gasteiger partial charge in [0.2, 0.25) is 0 Å². The summed E-state index contributed by atoms with van der Waals surface area (Å²) in [4.78, 5) is 11.2. The van der Waals surface area contributed by atoms with Gasteiger partial charge in [0.05, 0.1) is 0 Å². The second-order valence-electron chi connectivity index (χ2n) is 3.85. The molecule has 1 rings (SSSR count). The van der Waals surface area contributed by atoms with Crippen LogP contribution in [0.15, 0.2) is 18.2 Å². The van der Waals surface area contributed by atoms with E-state index in [0.717, 1.165) is 0 Å². The summed E-state index contributed by atoms with van der Waals surface area (Å²) in [6, 6.07) is 7.92. The molecular formula is C16H25ClO3U. The minimum absolute atomic E-state index is 0. The van der Waals surface area contributed by atoms with Crippen molar-refractivity contribution < 1.29 is 45.4 Å². The molecule has 0 atom stereocenters. The van der Waals surface area contributed by atoms with Crippen molar-refractivity contribution in [3.63, 3.8) is 0 Å². The molecular weight excluding hydrogens is 514 g/mol. The molecule has 0 aliphatic rings. The van der Waals surface area contributed by atoms with Gasteiger partial charge in [0.15, 0.2) is 0 Å². The van der Waals surface area contributed by atoms with Crippen molar-refractivity contribution in [2.24, 2.45) is 5.92 Å². The van der Waals surface area contributed by atoms with E-state index in [9.17, 15) is 4.79 Å². The van der Waals surface area contributed by atoms with Crippen LogP contribution in [0.3, 0.4) is 0 Å². The van der Waals surface area contributed by atoms with Crippen molar-refractivity contribution in [1.82, 2.24) is 0 Å². The van der Waals surface area contributed by atoms with E-state index in [2.05, 4.69) is 10.8 Å². The number of hydrogen-bond acceptors (Lipinski definition) is 3. The average molecular weight is 539 g/mol. The molecule has 1 aromatic carbocycles. The number of carbonyl (C=O) groups excluding carboxylic acids is 1. The van der Waals surface area contributed by atoms with Gasteiger partial charge in [-0.3, -0.25) is 6.42 Å². The maximum atomic E-state index is 11.2. The number of benzene rings is 1. The largest absolute Gasteiger partial charge is 2.00 e. The molecule has 21 heavy (non-hydrogen) atoms. The van der Waals surface area contributed by atoms with Crippen molar-refractivity contribution in [3.05, 3.63) is 35.7 Å². The van der Waals surface area contributed by atoms with Crippen molar-refractivity contribution >= 4 is 17.4 Å². The van der Waals surface area contributed by atoms with Crippen LogP contribution in [0.25, 0.3) is 0 Å². The van der Waals surface area contributed by atoms with Crippen LogP contribution in [-0.4, -0.2) is 26.6 Å². The smallest absolute Gasteiger partial charge is 0.548 e. The van der Waals surface area contributed by atoms with Gasteiger partial charge >= 0.3 is 31.1 Å². The number of rotatable bonds is 5. The van der Waals surface area contributed by atoms with Crippen LogP contribution in [0, 0.1) is 49.5 Å². The van der Waals surface area contributed by atoms with E-state index >= 15 is 0 Å². The van der Waals surface area contributed by atoms with Crippen molar-refractivity contribution in [3.8, 4) is 5.75 Å². The van der Waals surface area contributed by atoms with E-state index in [1.165, 1.54) is 6.42 Å². The Balaban J connectivity index is -0.000000479. The molecule has 0 saturated heterocycles. The van der Waals surface area contributed by atoms with Gasteiger partial charge in [-0.25, -0.2) is 0 Å². The summed E-state index contributed by atoms with van der Waals surface area (Å²) in [6.07, 6.45) is 1.53. The number of hydrogen-bond donors (Lipinski definition) is 0. The fraction of sp³-hybridized carbons (Fsp3) is 0.500. The van der Waals surface area contributed by atoms with Crippen LogP contribution in [0.1, 0.15) is 27.7 Å². The third-order valence-electron chi connectivity index (χ3n) is 1.84. The van der Waals surface area contributed by atoms with Gasteiger partial charge in [-0.15, -0.1) is 12.1 Å². The minimum atomic E-state index is 0. The van der Waals surface area contributed by atoms with Crippen LogP contribution < -0.4 is 4.74 Å². The van der Waals surface area contributed by atoms with Gasteiger partial charge in [0.1, 0.15) is 0 Å². The summed E-state index contributed by atoms with van der Waals surface area (Å²) in [7, 11) is 3.25. The zero-order valence-electron chi connectivity index (χ0n) is 13.7. The van der Waals surface area contributed by atoms with Crippen molar-refractivity contribution in [1.29, 1.82) is 0 Å². The molecule has 0 saturated carbocycles. The molecule has 118 valence electrons. The van der Waals surface area contributed by atoms with Crippen LogP contribution in [0.2, 0.25) is 5.02 Å². The zero-order chi connectivity index (χ0) is 16.0. The summed E-state index contributed by atoms with van der Waals surface area (Å²) < 4.78 is 9.54. The quantitative estimate of drug-likeness (QED) is 0.526. The second kappa shape index (κ2) is 17.9. The molecule has 0 heterocycles. The first-order valence-electron chi connectivity index (χ1n) is 6.58. The summed E-state index contributed by atoms with van der Waals surface area (Å²) in [5, 5.41) is 0.615. The van der Waals surface area contributed by atoms with Gasteiger partial charge in [-0.05, 0) is 12.5 Å². The molecule has 0 unspecified atom stereocenters. The number of ketones is 1. The van der Waals surface area contributed by atoms with Crippen LogP contribution in [0.5, 0.6) is 5.75 Å². The zero-order valence-corrected chi connectivity index (χ0v) is 18.6. The summed E-state index contributed by atoms with van der Waals surface area (Å²) in [6.45, 7) is 7.98. The van der Waals surface area contributed by atoms with Gasteiger partial charge < -0.3 is 14.3 Å². The van der Waals surface area contributed by atoms with E-state index < -0.39 is 0 Å². The minimum Gasteiger partial charge on any atom is -0.548 e. The predicted molar refractivity (Wildman–Crippen MR) is 84.2 cm³/mol. The molecule has 0 aromatic heterocycles. The third kappa shape index (κ3) is 16.1. The molecule has 0 N–H and O–H groups in total. The van der Waals surface area contributed by atoms with Crippen molar-refractivity contribution in [2.45, 2.75) is 27.7 Å². The van der Waals surface area contributed by atoms with E-state index in [4.69, 9.17) is 16.3 Å². The van der Waals surface area contributed by atoms with Gasteiger partial charge in [-0.1, -0.05) is 32.7 Å².